The molecule has 12 heteroatoms. The highest BCUT2D eigenvalue weighted by atomic mass is 19.4. The lowest BCUT2D eigenvalue weighted by atomic mass is 9.85. The molecule has 0 spiro atoms. The van der Waals surface area contributed by atoms with E-state index >= 15 is 0 Å². The number of halogens is 6. The van der Waals surface area contributed by atoms with Crippen molar-refractivity contribution >= 4 is 24.1 Å². The molecule has 0 saturated heterocycles. The van der Waals surface area contributed by atoms with Crippen molar-refractivity contribution in [2.24, 2.45) is 4.99 Å². The van der Waals surface area contributed by atoms with Crippen molar-refractivity contribution in [2.45, 2.75) is 90.9 Å². The summed E-state index contributed by atoms with van der Waals surface area (Å²) in [6.07, 6.45) is -7.82. The number of ether oxygens (including phenoxy) is 1. The van der Waals surface area contributed by atoms with Crippen LogP contribution in [-0.2, 0) is 25.6 Å². The Balaban J connectivity index is 1.55. The topological polar surface area (TPSA) is 45.0 Å². The van der Waals surface area contributed by atoms with Gasteiger partial charge >= 0.3 is 19.6 Å². The second-order valence-electron chi connectivity index (χ2n) is 18.6. The van der Waals surface area contributed by atoms with Gasteiger partial charge in [0.1, 0.15) is 19.0 Å². The van der Waals surface area contributed by atoms with Crippen LogP contribution in [0.15, 0.2) is 120 Å². The van der Waals surface area contributed by atoms with Crippen LogP contribution in [0.25, 0.3) is 22.4 Å². The summed E-state index contributed by atoms with van der Waals surface area (Å²) in [4.78, 5) is 5.29. The van der Waals surface area contributed by atoms with Crippen molar-refractivity contribution in [1.29, 1.82) is 0 Å². The average Bonchev–Trinajstić information content (AvgIpc) is 3.78. The largest absolute Gasteiger partial charge is 0.598 e. The summed E-state index contributed by atoms with van der Waals surface area (Å²) in [5.74, 6) is 0.599. The lowest BCUT2D eigenvalue weighted by Gasteiger charge is -2.27. The molecule has 4 aromatic carbocycles. The van der Waals surface area contributed by atoms with Crippen LogP contribution in [0, 0.1) is 0 Å². The normalized spacial score (nSPS) is 15.9. The molecule has 0 saturated carbocycles. The molecule has 5 nitrogen and oxygen atoms in total. The molecule has 0 radical (unpaired) electrons. The maximum Gasteiger partial charge on any atom is 0.598 e. The summed E-state index contributed by atoms with van der Waals surface area (Å²) in [7, 11) is -2.21. The second-order valence-corrected chi connectivity index (χ2v) is 18.6. The van der Waals surface area contributed by atoms with Crippen molar-refractivity contribution in [3.63, 3.8) is 0 Å². The third-order valence-corrected chi connectivity index (χ3v) is 10.8. The predicted octanol–water partition coefficient (Wildman–Crippen LogP) is 13.5. The van der Waals surface area contributed by atoms with E-state index in [1.54, 1.807) is 42.5 Å². The fourth-order valence-corrected chi connectivity index (χ4v) is 7.45. The first-order chi connectivity index (χ1) is 28.4. The average molecular weight is 839 g/mol. The highest BCUT2D eigenvalue weighted by molar-refractivity contribution is 6.44. The number of rotatable bonds is 8. The predicted molar refractivity (Wildman–Crippen MR) is 231 cm³/mol. The molecule has 0 bridgehead atoms. The first-order valence-corrected chi connectivity index (χ1v) is 20.1. The Hall–Kier alpha value is -5.33. The molecule has 0 N–H and O–H groups in total. The Morgan fingerprint density at radius 1 is 0.574 bits per heavy atom. The van der Waals surface area contributed by atoms with Crippen molar-refractivity contribution < 1.29 is 40.4 Å². The van der Waals surface area contributed by atoms with Gasteiger partial charge in [-0.2, -0.15) is 26.3 Å². The third-order valence-electron chi connectivity index (χ3n) is 10.8. The molecular weight excluding hydrogens is 789 g/mol. The third kappa shape index (κ3) is 9.61. The van der Waals surface area contributed by atoms with E-state index in [1.165, 1.54) is 4.48 Å². The molecule has 61 heavy (non-hydrogen) atoms. The quantitative estimate of drug-likeness (QED) is 0.113. The van der Waals surface area contributed by atoms with Gasteiger partial charge < -0.3 is 18.5 Å². The van der Waals surface area contributed by atoms with Crippen LogP contribution >= 0.6 is 0 Å². The maximum atomic E-state index is 13.9. The Morgan fingerprint density at radius 2 is 1.03 bits per heavy atom. The molecule has 3 heterocycles. The highest BCUT2D eigenvalue weighted by Gasteiger charge is 2.42. The number of alkyl halides is 6. The van der Waals surface area contributed by atoms with E-state index in [0.29, 0.717) is 39.4 Å². The van der Waals surface area contributed by atoms with E-state index in [2.05, 4.69) is 53.7 Å². The number of aromatic nitrogens is 1. The van der Waals surface area contributed by atoms with Crippen molar-refractivity contribution in [3.05, 3.63) is 154 Å². The number of benzene rings is 4. The minimum atomic E-state index is -4.89. The number of fused-ring (bicyclic) bond motifs is 2. The van der Waals surface area contributed by atoms with Crippen LogP contribution in [0.3, 0.4) is 0 Å². The fraction of sp³-hybridized carbons (Fsp3) is 0.327. The van der Waals surface area contributed by atoms with Gasteiger partial charge in [0.15, 0.2) is 5.75 Å². The summed E-state index contributed by atoms with van der Waals surface area (Å²) in [5, 5.41) is 0. The van der Waals surface area contributed by atoms with Crippen LogP contribution < -0.4 is 4.74 Å². The summed E-state index contributed by atoms with van der Waals surface area (Å²) >= 11 is 0. The zero-order valence-electron chi connectivity index (χ0n) is 35.8. The van der Waals surface area contributed by atoms with E-state index in [4.69, 9.17) is 19.0 Å². The van der Waals surface area contributed by atoms with Gasteiger partial charge in [0.2, 0.25) is 0 Å². The van der Waals surface area contributed by atoms with Crippen molar-refractivity contribution in [1.82, 2.24) is 4.48 Å². The van der Waals surface area contributed by atoms with E-state index < -0.39 is 32.8 Å². The summed E-state index contributed by atoms with van der Waals surface area (Å²) < 4.78 is 102. The van der Waals surface area contributed by atoms with Crippen LogP contribution in [0.5, 0.6) is 11.5 Å². The first kappa shape index (κ1) is 43.8. The molecule has 0 amide bonds. The van der Waals surface area contributed by atoms with Gasteiger partial charge in [0.25, 0.3) is 0 Å². The Bertz CT molecular complexity index is 2490. The van der Waals surface area contributed by atoms with Gasteiger partial charge in [-0.05, 0) is 56.2 Å². The van der Waals surface area contributed by atoms with Gasteiger partial charge in [-0.1, -0.05) is 153 Å². The van der Waals surface area contributed by atoms with Crippen LogP contribution in [0.1, 0.15) is 101 Å². The molecule has 0 aliphatic carbocycles. The first-order valence-electron chi connectivity index (χ1n) is 20.1. The number of hydrogen-bond acceptors (Lipinski definition) is 4. The number of nitrogens with zero attached hydrogens (tertiary/aromatic N) is 2. The summed E-state index contributed by atoms with van der Waals surface area (Å²) in [5.41, 5.74) is 7.88. The number of aliphatic imine (C=N–C) groups is 1. The van der Waals surface area contributed by atoms with Crippen molar-refractivity contribution in [3.8, 4) is 22.8 Å². The number of allylic oxidation sites excluding steroid dienone is 2. The van der Waals surface area contributed by atoms with E-state index in [9.17, 15) is 26.3 Å². The molecule has 0 fully saturated rings. The van der Waals surface area contributed by atoms with E-state index in [1.807, 2.05) is 75.4 Å². The van der Waals surface area contributed by atoms with Crippen LogP contribution in [-0.4, -0.2) is 43.0 Å². The molecule has 2 aliphatic heterocycles. The van der Waals surface area contributed by atoms with Crippen molar-refractivity contribution in [2.75, 3.05) is 13.2 Å². The highest BCUT2D eigenvalue weighted by Crippen LogP contribution is 2.51. The molecular formula is C49H49BF6N2O3. The minimum absolute atomic E-state index is 0.101. The monoisotopic (exact) mass is 838 g/mol. The van der Waals surface area contributed by atoms with E-state index in [0.717, 1.165) is 27.8 Å². The molecule has 0 atom stereocenters. The second kappa shape index (κ2) is 15.9. The van der Waals surface area contributed by atoms with Gasteiger partial charge in [0, 0.05) is 34.0 Å². The zero-order chi connectivity index (χ0) is 44.3. The smallest absolute Gasteiger partial charge is 0.454 e. The van der Waals surface area contributed by atoms with Crippen LogP contribution in [0.4, 0.5) is 26.3 Å². The number of hydrogen-bond donors (Lipinski definition) is 0. The molecule has 1 aromatic heterocycles. The van der Waals surface area contributed by atoms with Gasteiger partial charge in [-0.25, -0.2) is 4.99 Å². The standard InChI is InChI=1S/C49H49BF6N2O3/c1-45(2,3)33-20-14-30(15-21-33)37-26-38(31-16-22-34(23-17-31)46(4,5)6)57-43(37)42-36-12-10-11-13-40(36)61-41-27-39(32-18-24-35(25-19-32)47(7,8)9)58(44(41)42)50(59-28-48(51,52)53)60-29-49(54,55)56/h10-27H,28-29H2,1-9H3/b43-42-. The summed E-state index contributed by atoms with van der Waals surface area (Å²) in [6.45, 7) is 15.1. The zero-order valence-corrected chi connectivity index (χ0v) is 35.8. The lowest BCUT2D eigenvalue weighted by Crippen LogP contribution is -2.40. The lowest BCUT2D eigenvalue weighted by molar-refractivity contribution is -0.169. The molecule has 0 unspecified atom stereocenters. The minimum Gasteiger partial charge on any atom is -0.454 e. The summed E-state index contributed by atoms with van der Waals surface area (Å²) in [6, 6.07) is 32.3. The molecule has 7 rings (SSSR count). The number of para-hydroxylation sites is 1. The SMILES string of the molecule is CC(C)(C)c1ccc(C2=CC(c3ccc(C(C)(C)C)cc3)=N/C2=C2/c3ccccc3Oc3cc(-c4ccc(C(C)(C)C)cc4)n(B(OCC(F)(F)F)OCC(F)(F)F)c32)cc1. The molecule has 318 valence electrons. The Labute approximate surface area is 353 Å². The Kier molecular flexibility index (Phi) is 11.4. The Morgan fingerprint density at radius 3 is 1.51 bits per heavy atom. The van der Waals surface area contributed by atoms with E-state index in [-0.39, 0.29) is 33.4 Å². The molecule has 2 aliphatic rings. The molecule has 5 aromatic rings. The van der Waals surface area contributed by atoms with Gasteiger partial charge in [-0.3, -0.25) is 0 Å². The fourth-order valence-electron chi connectivity index (χ4n) is 7.45. The maximum absolute atomic E-state index is 13.9. The van der Waals surface area contributed by atoms with Gasteiger partial charge in [-0.15, -0.1) is 0 Å². The van der Waals surface area contributed by atoms with Crippen LogP contribution in [0.2, 0.25) is 0 Å². The van der Waals surface area contributed by atoms with Gasteiger partial charge in [0.05, 0.1) is 17.1 Å².